The minimum Gasteiger partial charge on any atom is -0.497 e. The molecule has 2 heterocycles. The van der Waals surface area contributed by atoms with Crippen LogP contribution in [0.25, 0.3) is 10.9 Å². The van der Waals surface area contributed by atoms with Crippen molar-refractivity contribution in [1.29, 1.82) is 0 Å². The predicted octanol–water partition coefficient (Wildman–Crippen LogP) is 3.98. The Hall–Kier alpha value is -4.40. The highest BCUT2D eigenvalue weighted by molar-refractivity contribution is 5.99. The fraction of sp³-hybridized carbons (Fsp3) is 0.0909. The van der Waals surface area contributed by atoms with Crippen LogP contribution in [-0.4, -0.2) is 32.8 Å². The summed E-state index contributed by atoms with van der Waals surface area (Å²) in [6, 6.07) is 12.9. The first-order valence-corrected chi connectivity index (χ1v) is 9.46. The van der Waals surface area contributed by atoms with Crippen molar-refractivity contribution < 1.29 is 9.53 Å². The lowest BCUT2D eigenvalue weighted by Gasteiger charge is -2.13. The Morgan fingerprint density at radius 1 is 1.10 bits per heavy atom. The van der Waals surface area contributed by atoms with E-state index in [0.29, 0.717) is 23.2 Å². The van der Waals surface area contributed by atoms with Crippen LogP contribution < -0.4 is 20.7 Å². The normalized spacial score (nSPS) is 10.5. The standard InChI is InChI=1S/C22H21N7O2/c1-4-20(30)24-14-6-5-7-15(10-14)25-21-18-11-17(31-3)8-9-19(18)27-22(28-21)26-16-12-23-29(2)13-16/h4-13H,1H2,2-3H3,(H,24,30)(H2,25,26,27,28). The van der Waals surface area contributed by atoms with Crippen LogP contribution >= 0.6 is 0 Å². The zero-order chi connectivity index (χ0) is 21.8. The average Bonchev–Trinajstić information content (AvgIpc) is 3.18. The number of nitrogens with zero attached hydrogens (tertiary/aromatic N) is 4. The van der Waals surface area contributed by atoms with Gasteiger partial charge in [0, 0.05) is 30.0 Å². The van der Waals surface area contributed by atoms with E-state index in [1.807, 2.05) is 49.6 Å². The third-order valence-corrected chi connectivity index (χ3v) is 4.44. The highest BCUT2D eigenvalue weighted by Crippen LogP contribution is 2.30. The highest BCUT2D eigenvalue weighted by Gasteiger charge is 2.11. The summed E-state index contributed by atoms with van der Waals surface area (Å²) in [5, 5.41) is 14.2. The largest absolute Gasteiger partial charge is 0.497 e. The molecule has 0 saturated carbocycles. The van der Waals surface area contributed by atoms with E-state index in [0.717, 1.165) is 22.3 Å². The van der Waals surface area contributed by atoms with E-state index in [1.165, 1.54) is 6.08 Å². The fourth-order valence-electron chi connectivity index (χ4n) is 3.01. The molecule has 156 valence electrons. The Morgan fingerprint density at radius 2 is 1.94 bits per heavy atom. The van der Waals surface area contributed by atoms with E-state index in [-0.39, 0.29) is 5.91 Å². The van der Waals surface area contributed by atoms with Crippen LogP contribution in [0, 0.1) is 0 Å². The minimum absolute atomic E-state index is 0.280. The van der Waals surface area contributed by atoms with Crippen molar-refractivity contribution in [1.82, 2.24) is 19.7 Å². The number of ether oxygens (including phenoxy) is 1. The lowest BCUT2D eigenvalue weighted by molar-refractivity contribution is -0.111. The first-order valence-electron chi connectivity index (χ1n) is 9.46. The van der Waals surface area contributed by atoms with E-state index in [1.54, 1.807) is 24.1 Å². The van der Waals surface area contributed by atoms with Crippen molar-refractivity contribution in [3.05, 3.63) is 67.5 Å². The summed E-state index contributed by atoms with van der Waals surface area (Å²) >= 11 is 0. The first-order chi connectivity index (χ1) is 15.0. The van der Waals surface area contributed by atoms with Gasteiger partial charge in [0.2, 0.25) is 11.9 Å². The lowest BCUT2D eigenvalue weighted by Crippen LogP contribution is -2.07. The Morgan fingerprint density at radius 3 is 2.68 bits per heavy atom. The van der Waals surface area contributed by atoms with Crippen LogP contribution in [0.15, 0.2) is 67.5 Å². The van der Waals surface area contributed by atoms with Gasteiger partial charge in [-0.05, 0) is 42.5 Å². The van der Waals surface area contributed by atoms with Gasteiger partial charge in [0.1, 0.15) is 11.6 Å². The molecule has 0 spiro atoms. The summed E-state index contributed by atoms with van der Waals surface area (Å²) in [6.45, 7) is 3.47. The van der Waals surface area contributed by atoms with Gasteiger partial charge < -0.3 is 20.7 Å². The lowest BCUT2D eigenvalue weighted by atomic mass is 10.2. The maximum Gasteiger partial charge on any atom is 0.247 e. The van der Waals surface area contributed by atoms with Crippen LogP contribution in [0.3, 0.4) is 0 Å². The van der Waals surface area contributed by atoms with Crippen LogP contribution in [0.1, 0.15) is 0 Å². The molecular formula is C22H21N7O2. The second-order valence-corrected chi connectivity index (χ2v) is 6.71. The number of methoxy groups -OCH3 is 1. The smallest absolute Gasteiger partial charge is 0.247 e. The van der Waals surface area contributed by atoms with E-state index in [2.05, 4.69) is 37.6 Å². The summed E-state index contributed by atoms with van der Waals surface area (Å²) in [7, 11) is 3.45. The molecule has 0 radical (unpaired) electrons. The molecule has 2 aromatic carbocycles. The van der Waals surface area contributed by atoms with Gasteiger partial charge in [-0.3, -0.25) is 9.48 Å². The number of anilines is 5. The molecule has 9 nitrogen and oxygen atoms in total. The molecule has 0 aliphatic carbocycles. The molecule has 0 unspecified atom stereocenters. The van der Waals surface area contributed by atoms with Crippen LogP contribution in [-0.2, 0) is 11.8 Å². The van der Waals surface area contributed by atoms with Gasteiger partial charge >= 0.3 is 0 Å². The van der Waals surface area contributed by atoms with Crippen molar-refractivity contribution in [3.8, 4) is 5.75 Å². The van der Waals surface area contributed by atoms with E-state index in [4.69, 9.17) is 4.74 Å². The number of amides is 1. The number of hydrogen-bond donors (Lipinski definition) is 3. The molecule has 0 aliphatic heterocycles. The number of hydrogen-bond acceptors (Lipinski definition) is 7. The summed E-state index contributed by atoms with van der Waals surface area (Å²) in [5.41, 5.74) is 2.90. The Bertz CT molecular complexity index is 1270. The molecule has 4 rings (SSSR count). The van der Waals surface area contributed by atoms with Gasteiger partial charge in [-0.15, -0.1) is 0 Å². The van der Waals surface area contributed by atoms with Crippen molar-refractivity contribution in [2.75, 3.05) is 23.1 Å². The van der Waals surface area contributed by atoms with E-state index >= 15 is 0 Å². The quantitative estimate of drug-likeness (QED) is 0.392. The third kappa shape index (κ3) is 4.61. The number of nitrogens with one attached hydrogen (secondary N) is 3. The molecule has 0 atom stereocenters. The molecule has 9 heteroatoms. The number of fused-ring (bicyclic) bond motifs is 1. The number of carbonyl (C=O) groups excluding carboxylic acids is 1. The number of benzene rings is 2. The van der Waals surface area contributed by atoms with Crippen LogP contribution in [0.2, 0.25) is 0 Å². The number of aromatic nitrogens is 4. The van der Waals surface area contributed by atoms with Gasteiger partial charge in [0.05, 0.1) is 24.5 Å². The minimum atomic E-state index is -0.280. The molecule has 4 aromatic rings. The number of rotatable bonds is 7. The molecule has 31 heavy (non-hydrogen) atoms. The number of aryl methyl sites for hydroxylation is 1. The van der Waals surface area contributed by atoms with Crippen molar-refractivity contribution >= 4 is 45.6 Å². The monoisotopic (exact) mass is 415 g/mol. The van der Waals surface area contributed by atoms with Crippen molar-refractivity contribution in [2.24, 2.45) is 7.05 Å². The van der Waals surface area contributed by atoms with Crippen molar-refractivity contribution in [3.63, 3.8) is 0 Å². The second kappa shape index (κ2) is 8.54. The fourth-order valence-corrected chi connectivity index (χ4v) is 3.01. The first kappa shape index (κ1) is 19.9. The molecule has 3 N–H and O–H groups in total. The Kier molecular flexibility index (Phi) is 5.48. The SMILES string of the molecule is C=CC(=O)Nc1cccc(Nc2nc(Nc3cnn(C)c3)nc3ccc(OC)cc23)c1. The third-order valence-electron chi connectivity index (χ3n) is 4.44. The maximum absolute atomic E-state index is 11.6. The molecule has 0 saturated heterocycles. The zero-order valence-corrected chi connectivity index (χ0v) is 17.1. The van der Waals surface area contributed by atoms with Gasteiger partial charge in [0.15, 0.2) is 0 Å². The molecule has 2 aromatic heterocycles. The van der Waals surface area contributed by atoms with Gasteiger partial charge in [0.25, 0.3) is 0 Å². The molecule has 0 bridgehead atoms. The van der Waals surface area contributed by atoms with E-state index in [9.17, 15) is 4.79 Å². The predicted molar refractivity (Wildman–Crippen MR) is 121 cm³/mol. The van der Waals surface area contributed by atoms with Gasteiger partial charge in [-0.2, -0.15) is 10.1 Å². The molecular weight excluding hydrogens is 394 g/mol. The molecule has 0 fully saturated rings. The maximum atomic E-state index is 11.6. The summed E-state index contributed by atoms with van der Waals surface area (Å²) < 4.78 is 7.06. The van der Waals surface area contributed by atoms with Crippen molar-refractivity contribution in [2.45, 2.75) is 0 Å². The Labute approximate surface area is 178 Å². The highest BCUT2D eigenvalue weighted by atomic mass is 16.5. The second-order valence-electron chi connectivity index (χ2n) is 6.71. The van der Waals surface area contributed by atoms with Gasteiger partial charge in [-0.1, -0.05) is 12.6 Å². The van der Waals surface area contributed by atoms with Crippen LogP contribution in [0.5, 0.6) is 5.75 Å². The molecule has 0 aliphatic rings. The topological polar surface area (TPSA) is 106 Å². The molecule has 1 amide bonds. The van der Waals surface area contributed by atoms with Crippen LogP contribution in [0.4, 0.5) is 28.8 Å². The zero-order valence-electron chi connectivity index (χ0n) is 17.1. The Balaban J connectivity index is 1.72. The summed E-state index contributed by atoms with van der Waals surface area (Å²) in [6.07, 6.45) is 4.75. The van der Waals surface area contributed by atoms with E-state index < -0.39 is 0 Å². The van der Waals surface area contributed by atoms with Gasteiger partial charge in [-0.25, -0.2) is 4.98 Å². The summed E-state index contributed by atoms with van der Waals surface area (Å²) in [4.78, 5) is 20.9. The summed E-state index contributed by atoms with van der Waals surface area (Å²) in [5.74, 6) is 1.42. The average molecular weight is 415 g/mol. The number of carbonyl (C=O) groups is 1.